The third-order valence-electron chi connectivity index (χ3n) is 6.23. The first kappa shape index (κ1) is 14.9. The van der Waals surface area contributed by atoms with E-state index in [-0.39, 0.29) is 17.4 Å². The largest absolute Gasteiger partial charge is 0.489 e. The predicted molar refractivity (Wildman–Crippen MR) is 88.8 cm³/mol. The normalized spacial score (nSPS) is 33.1. The van der Waals surface area contributed by atoms with Crippen LogP contribution in [0.25, 0.3) is 0 Å². The summed E-state index contributed by atoms with van der Waals surface area (Å²) in [6, 6.07) is 5.76. The molecule has 0 aromatic heterocycles. The SMILES string of the molecule is CC1(C)C2CCC1(C)C(Oc1cccc(Br)c1C(=N)N)C2. The van der Waals surface area contributed by atoms with Gasteiger partial charge in [-0.15, -0.1) is 0 Å². The van der Waals surface area contributed by atoms with Gasteiger partial charge in [0, 0.05) is 9.89 Å². The fourth-order valence-electron chi connectivity index (χ4n) is 4.33. The second-order valence-corrected chi connectivity index (χ2v) is 8.10. The molecule has 0 radical (unpaired) electrons. The van der Waals surface area contributed by atoms with Gasteiger partial charge in [0.15, 0.2) is 0 Å². The molecule has 3 unspecified atom stereocenters. The number of halogens is 1. The highest BCUT2D eigenvalue weighted by Crippen LogP contribution is 2.66. The van der Waals surface area contributed by atoms with Crippen molar-refractivity contribution in [2.45, 2.75) is 46.1 Å². The molecule has 2 aliphatic carbocycles. The summed E-state index contributed by atoms with van der Waals surface area (Å²) in [6.45, 7) is 7.11. The van der Waals surface area contributed by atoms with E-state index in [0.29, 0.717) is 11.0 Å². The maximum atomic E-state index is 7.79. The van der Waals surface area contributed by atoms with Gasteiger partial charge < -0.3 is 10.5 Å². The zero-order valence-electron chi connectivity index (χ0n) is 12.9. The molecule has 0 saturated heterocycles. The van der Waals surface area contributed by atoms with Crippen molar-refractivity contribution in [2.24, 2.45) is 22.5 Å². The average Bonchev–Trinajstić information content (AvgIpc) is 2.71. The van der Waals surface area contributed by atoms with E-state index in [1.54, 1.807) is 0 Å². The molecular weight excluding hydrogens is 328 g/mol. The van der Waals surface area contributed by atoms with Gasteiger partial charge >= 0.3 is 0 Å². The van der Waals surface area contributed by atoms with E-state index in [9.17, 15) is 0 Å². The molecule has 1 aromatic rings. The molecule has 0 spiro atoms. The van der Waals surface area contributed by atoms with Crippen molar-refractivity contribution in [3.05, 3.63) is 28.2 Å². The molecule has 2 saturated carbocycles. The summed E-state index contributed by atoms with van der Waals surface area (Å²) < 4.78 is 7.19. The smallest absolute Gasteiger partial charge is 0.131 e. The zero-order valence-corrected chi connectivity index (χ0v) is 14.5. The van der Waals surface area contributed by atoms with Gasteiger partial charge in [-0.2, -0.15) is 0 Å². The van der Waals surface area contributed by atoms with Crippen LogP contribution in [0.15, 0.2) is 22.7 Å². The number of benzene rings is 1. The van der Waals surface area contributed by atoms with Crippen molar-refractivity contribution in [3.63, 3.8) is 0 Å². The average molecular weight is 351 g/mol. The minimum Gasteiger partial charge on any atom is -0.489 e. The molecule has 4 heteroatoms. The highest BCUT2D eigenvalue weighted by Gasteiger charge is 2.62. The van der Waals surface area contributed by atoms with Gasteiger partial charge in [-0.25, -0.2) is 0 Å². The maximum absolute atomic E-state index is 7.79. The molecular formula is C17H23BrN2O. The number of nitrogens with one attached hydrogen (secondary N) is 1. The summed E-state index contributed by atoms with van der Waals surface area (Å²) in [5, 5.41) is 7.79. The maximum Gasteiger partial charge on any atom is 0.131 e. The lowest BCUT2D eigenvalue weighted by molar-refractivity contribution is 0.0300. The Hall–Kier alpha value is -1.03. The second-order valence-electron chi connectivity index (χ2n) is 7.24. The lowest BCUT2D eigenvalue weighted by Gasteiger charge is -2.39. The van der Waals surface area contributed by atoms with Gasteiger partial charge in [0.2, 0.25) is 0 Å². The Kier molecular flexibility index (Phi) is 3.36. The Labute approximate surface area is 134 Å². The van der Waals surface area contributed by atoms with Gasteiger partial charge in [0.05, 0.1) is 5.56 Å². The lowest BCUT2D eigenvalue weighted by atomic mass is 9.70. The zero-order chi connectivity index (χ0) is 15.4. The first-order valence-corrected chi connectivity index (χ1v) is 8.36. The fraction of sp³-hybridized carbons (Fsp3) is 0.588. The van der Waals surface area contributed by atoms with Crippen LogP contribution in [0.1, 0.15) is 45.6 Å². The quantitative estimate of drug-likeness (QED) is 0.629. The molecule has 2 bridgehead atoms. The first-order chi connectivity index (χ1) is 9.77. The van der Waals surface area contributed by atoms with Crippen LogP contribution < -0.4 is 10.5 Å². The van der Waals surface area contributed by atoms with Crippen LogP contribution >= 0.6 is 15.9 Å². The number of fused-ring (bicyclic) bond motifs is 2. The molecule has 3 atom stereocenters. The van der Waals surface area contributed by atoms with Crippen molar-refractivity contribution in [1.82, 2.24) is 0 Å². The summed E-state index contributed by atoms with van der Waals surface area (Å²) in [4.78, 5) is 0. The van der Waals surface area contributed by atoms with Crippen LogP contribution in [-0.4, -0.2) is 11.9 Å². The summed E-state index contributed by atoms with van der Waals surface area (Å²) in [5.74, 6) is 1.51. The molecule has 3 nitrogen and oxygen atoms in total. The molecule has 0 aliphatic heterocycles. The van der Waals surface area contributed by atoms with Crippen molar-refractivity contribution in [3.8, 4) is 5.75 Å². The highest BCUT2D eigenvalue weighted by molar-refractivity contribution is 9.10. The summed E-state index contributed by atoms with van der Waals surface area (Å²) in [7, 11) is 0. The summed E-state index contributed by atoms with van der Waals surface area (Å²) >= 11 is 3.47. The fourth-order valence-corrected chi connectivity index (χ4v) is 4.89. The number of hydrogen-bond acceptors (Lipinski definition) is 2. The number of hydrogen-bond donors (Lipinski definition) is 2. The topological polar surface area (TPSA) is 59.1 Å². The molecule has 3 rings (SSSR count). The standard InChI is InChI=1S/C17H23BrN2O/c1-16(2)10-7-8-17(16,3)13(9-10)21-12-6-4-5-11(18)14(12)15(19)20/h4-6,10,13H,7-9H2,1-3H3,(H3,19,20). The van der Waals surface area contributed by atoms with E-state index in [1.807, 2.05) is 18.2 Å². The van der Waals surface area contributed by atoms with Crippen LogP contribution in [0, 0.1) is 22.2 Å². The Morgan fingerprint density at radius 2 is 2.10 bits per heavy atom. The van der Waals surface area contributed by atoms with Crippen molar-refractivity contribution >= 4 is 21.8 Å². The van der Waals surface area contributed by atoms with Gasteiger partial charge in [-0.05, 0) is 58.7 Å². The molecule has 21 heavy (non-hydrogen) atoms. The van der Waals surface area contributed by atoms with E-state index >= 15 is 0 Å². The van der Waals surface area contributed by atoms with Gasteiger partial charge in [-0.1, -0.05) is 26.8 Å². The highest BCUT2D eigenvalue weighted by atomic mass is 79.9. The number of nitrogens with two attached hydrogens (primary N) is 1. The van der Waals surface area contributed by atoms with E-state index in [4.69, 9.17) is 15.9 Å². The number of rotatable bonds is 3. The van der Waals surface area contributed by atoms with E-state index < -0.39 is 0 Å². The van der Waals surface area contributed by atoms with E-state index in [0.717, 1.165) is 22.6 Å². The first-order valence-electron chi connectivity index (χ1n) is 7.57. The van der Waals surface area contributed by atoms with Crippen LogP contribution in [0.4, 0.5) is 0 Å². The molecule has 114 valence electrons. The van der Waals surface area contributed by atoms with Crippen molar-refractivity contribution < 1.29 is 4.74 Å². The van der Waals surface area contributed by atoms with Crippen LogP contribution in [0.2, 0.25) is 0 Å². The third-order valence-corrected chi connectivity index (χ3v) is 6.89. The van der Waals surface area contributed by atoms with Crippen LogP contribution in [0.3, 0.4) is 0 Å². The monoisotopic (exact) mass is 350 g/mol. The van der Waals surface area contributed by atoms with Gasteiger partial charge in [0.1, 0.15) is 17.7 Å². The Bertz CT molecular complexity index is 598. The number of ether oxygens (including phenoxy) is 1. The van der Waals surface area contributed by atoms with E-state index in [1.165, 1.54) is 12.8 Å². The van der Waals surface area contributed by atoms with Crippen LogP contribution in [-0.2, 0) is 0 Å². The number of amidine groups is 1. The Morgan fingerprint density at radius 1 is 1.38 bits per heavy atom. The Balaban J connectivity index is 1.93. The molecule has 0 heterocycles. The van der Waals surface area contributed by atoms with Crippen LogP contribution in [0.5, 0.6) is 5.75 Å². The number of nitrogen functional groups attached to an aromatic ring is 1. The third kappa shape index (κ3) is 2.02. The minimum atomic E-state index is 0.0463. The van der Waals surface area contributed by atoms with Crippen molar-refractivity contribution in [2.75, 3.05) is 0 Å². The summed E-state index contributed by atoms with van der Waals surface area (Å²) in [6.07, 6.45) is 3.84. The van der Waals surface area contributed by atoms with Gasteiger partial charge in [-0.3, -0.25) is 5.41 Å². The lowest BCUT2D eigenvalue weighted by Crippen LogP contribution is -2.39. The summed E-state index contributed by atoms with van der Waals surface area (Å²) in [5.41, 5.74) is 6.92. The Morgan fingerprint density at radius 3 is 2.62 bits per heavy atom. The van der Waals surface area contributed by atoms with E-state index in [2.05, 4.69) is 36.7 Å². The molecule has 2 aliphatic rings. The molecule has 2 fully saturated rings. The molecule has 0 amide bonds. The second kappa shape index (κ2) is 4.73. The molecule has 3 N–H and O–H groups in total. The van der Waals surface area contributed by atoms with Gasteiger partial charge in [0.25, 0.3) is 0 Å². The minimum absolute atomic E-state index is 0.0463. The van der Waals surface area contributed by atoms with Crippen molar-refractivity contribution in [1.29, 1.82) is 5.41 Å². The predicted octanol–water partition coefficient (Wildman–Crippen LogP) is 4.33. The molecule has 1 aromatic carbocycles.